The van der Waals surface area contributed by atoms with Gasteiger partial charge in [-0.2, -0.15) is 4.31 Å². The molecule has 3 unspecified atom stereocenters. The van der Waals surface area contributed by atoms with Crippen molar-refractivity contribution in [2.24, 2.45) is 11.8 Å². The largest absolute Gasteiger partial charge is 0.393 e. The highest BCUT2D eigenvalue weighted by Crippen LogP contribution is 2.39. The molecule has 1 aromatic rings. The normalized spacial score (nSPS) is 31.5. The fraction of sp³-hybridized carbons (Fsp3) is 0.583. The molecular weight excluding hydrogens is 268 g/mol. The highest BCUT2D eigenvalue weighted by Gasteiger charge is 2.45. The Kier molecular flexibility index (Phi) is 2.99. The number of nitrogens with one attached hydrogen (secondary N) is 1. The molecule has 1 saturated heterocycles. The van der Waals surface area contributed by atoms with E-state index in [9.17, 15) is 18.3 Å². The van der Waals surface area contributed by atoms with Crippen LogP contribution < -0.4 is 5.56 Å². The standard InChI is InChI=1S/C12H16N2O4S/c15-11-3-1-8-6-14(7-10(8)11)19(17,18)9-2-4-12(16)13-5-9/h2,4-5,8,10-11,15H,1,3,6-7H2,(H,13,16). The molecule has 0 amide bonds. The molecule has 0 aromatic carbocycles. The van der Waals surface area contributed by atoms with Gasteiger partial charge in [0, 0.05) is 31.3 Å². The number of hydrogen-bond acceptors (Lipinski definition) is 4. The van der Waals surface area contributed by atoms with Crippen LogP contribution in [0.1, 0.15) is 12.8 Å². The molecule has 0 spiro atoms. The van der Waals surface area contributed by atoms with Gasteiger partial charge in [-0.3, -0.25) is 4.79 Å². The lowest BCUT2D eigenvalue weighted by Crippen LogP contribution is -2.31. The van der Waals surface area contributed by atoms with Crippen LogP contribution in [-0.4, -0.2) is 42.0 Å². The van der Waals surface area contributed by atoms with Crippen molar-refractivity contribution in [1.29, 1.82) is 0 Å². The lowest BCUT2D eigenvalue weighted by atomic mass is 10.00. The van der Waals surface area contributed by atoms with Crippen molar-refractivity contribution in [1.82, 2.24) is 9.29 Å². The number of hydrogen-bond donors (Lipinski definition) is 2. The van der Waals surface area contributed by atoms with Crippen molar-refractivity contribution in [2.75, 3.05) is 13.1 Å². The van der Waals surface area contributed by atoms with E-state index in [4.69, 9.17) is 0 Å². The van der Waals surface area contributed by atoms with Crippen LogP contribution in [0.4, 0.5) is 0 Å². The van der Waals surface area contributed by atoms with Crippen LogP contribution in [0.3, 0.4) is 0 Å². The number of fused-ring (bicyclic) bond motifs is 1. The summed E-state index contributed by atoms with van der Waals surface area (Å²) in [5.74, 6) is 0.310. The second-order valence-electron chi connectivity index (χ2n) is 5.28. The third-order valence-corrected chi connectivity index (χ3v) is 6.01. The van der Waals surface area contributed by atoms with Crippen LogP contribution in [0.25, 0.3) is 0 Å². The topological polar surface area (TPSA) is 90.5 Å². The monoisotopic (exact) mass is 284 g/mol. The number of aliphatic hydroxyl groups excluding tert-OH is 1. The van der Waals surface area contributed by atoms with Crippen molar-refractivity contribution < 1.29 is 13.5 Å². The Balaban J connectivity index is 1.86. The molecule has 3 rings (SSSR count). The van der Waals surface area contributed by atoms with Gasteiger partial charge in [-0.1, -0.05) is 0 Å². The SMILES string of the molecule is O=c1ccc(S(=O)(=O)N2CC3CCC(O)C3C2)c[nH]1. The molecule has 6 nitrogen and oxygen atoms in total. The summed E-state index contributed by atoms with van der Waals surface area (Å²) in [5, 5.41) is 9.82. The maximum atomic E-state index is 12.4. The van der Waals surface area contributed by atoms with Gasteiger partial charge >= 0.3 is 0 Å². The molecule has 0 radical (unpaired) electrons. The first kappa shape index (κ1) is 12.8. The number of aromatic nitrogens is 1. The van der Waals surface area contributed by atoms with Crippen molar-refractivity contribution >= 4 is 10.0 Å². The summed E-state index contributed by atoms with van der Waals surface area (Å²) < 4.78 is 26.2. The third-order valence-electron chi connectivity index (χ3n) is 4.18. The molecule has 2 heterocycles. The lowest BCUT2D eigenvalue weighted by Gasteiger charge is -2.18. The number of aromatic amines is 1. The van der Waals surface area contributed by atoms with E-state index in [2.05, 4.69) is 4.98 Å². The molecule has 3 atom stereocenters. The predicted molar refractivity (Wildman–Crippen MR) is 68.0 cm³/mol. The number of H-pyrrole nitrogens is 1. The molecule has 1 aromatic heterocycles. The average Bonchev–Trinajstić information content (AvgIpc) is 2.93. The van der Waals surface area contributed by atoms with E-state index >= 15 is 0 Å². The van der Waals surface area contributed by atoms with Crippen LogP contribution in [0.15, 0.2) is 28.0 Å². The zero-order valence-corrected chi connectivity index (χ0v) is 11.1. The Hall–Kier alpha value is -1.18. The van der Waals surface area contributed by atoms with E-state index in [1.807, 2.05) is 0 Å². The summed E-state index contributed by atoms with van der Waals surface area (Å²) in [6, 6.07) is 2.53. The highest BCUT2D eigenvalue weighted by molar-refractivity contribution is 7.89. The van der Waals surface area contributed by atoms with Gasteiger partial charge < -0.3 is 10.1 Å². The summed E-state index contributed by atoms with van der Waals surface area (Å²) in [6.45, 7) is 0.830. The van der Waals surface area contributed by atoms with Crippen LogP contribution in [0.2, 0.25) is 0 Å². The van der Waals surface area contributed by atoms with E-state index < -0.39 is 10.0 Å². The molecule has 1 aliphatic heterocycles. The third kappa shape index (κ3) is 2.11. The van der Waals surface area contributed by atoms with E-state index in [1.165, 1.54) is 22.6 Å². The van der Waals surface area contributed by atoms with Gasteiger partial charge in [0.2, 0.25) is 15.6 Å². The first-order valence-electron chi connectivity index (χ1n) is 6.35. The Morgan fingerprint density at radius 1 is 1.26 bits per heavy atom. The first-order chi connectivity index (χ1) is 8.98. The Morgan fingerprint density at radius 3 is 2.68 bits per heavy atom. The minimum atomic E-state index is -3.57. The van der Waals surface area contributed by atoms with Gasteiger partial charge in [-0.15, -0.1) is 0 Å². The maximum Gasteiger partial charge on any atom is 0.247 e. The van der Waals surface area contributed by atoms with E-state index in [0.29, 0.717) is 13.1 Å². The molecule has 7 heteroatoms. The molecule has 2 fully saturated rings. The van der Waals surface area contributed by atoms with Crippen molar-refractivity contribution in [3.05, 3.63) is 28.7 Å². The Morgan fingerprint density at radius 2 is 2.05 bits per heavy atom. The first-order valence-corrected chi connectivity index (χ1v) is 7.79. The molecule has 2 aliphatic rings. The second kappa shape index (κ2) is 4.43. The molecule has 19 heavy (non-hydrogen) atoms. The van der Waals surface area contributed by atoms with Crippen LogP contribution in [0.5, 0.6) is 0 Å². The van der Waals surface area contributed by atoms with Crippen molar-refractivity contribution in [2.45, 2.75) is 23.8 Å². The van der Waals surface area contributed by atoms with Gasteiger partial charge in [0.05, 0.1) is 11.0 Å². The van der Waals surface area contributed by atoms with E-state index in [-0.39, 0.29) is 28.4 Å². The number of sulfonamides is 1. The summed E-state index contributed by atoms with van der Waals surface area (Å²) in [6.07, 6.45) is 2.48. The number of aliphatic hydroxyl groups is 1. The summed E-state index contributed by atoms with van der Waals surface area (Å²) in [5.41, 5.74) is -0.326. The van der Waals surface area contributed by atoms with Crippen LogP contribution in [-0.2, 0) is 10.0 Å². The van der Waals surface area contributed by atoms with Crippen LogP contribution >= 0.6 is 0 Å². The van der Waals surface area contributed by atoms with E-state index in [0.717, 1.165) is 12.8 Å². The molecule has 104 valence electrons. The van der Waals surface area contributed by atoms with Gasteiger partial charge in [-0.25, -0.2) is 8.42 Å². The minimum Gasteiger partial charge on any atom is -0.393 e. The predicted octanol–water partition coefficient (Wildman–Crippen LogP) is -0.234. The second-order valence-corrected chi connectivity index (χ2v) is 7.22. The summed E-state index contributed by atoms with van der Waals surface area (Å²) in [7, 11) is -3.57. The highest BCUT2D eigenvalue weighted by atomic mass is 32.2. The number of pyridine rings is 1. The minimum absolute atomic E-state index is 0.0533. The lowest BCUT2D eigenvalue weighted by molar-refractivity contribution is 0.129. The van der Waals surface area contributed by atoms with Gasteiger partial charge in [0.15, 0.2) is 0 Å². The summed E-state index contributed by atoms with van der Waals surface area (Å²) >= 11 is 0. The quantitative estimate of drug-likeness (QED) is 0.784. The number of nitrogens with zero attached hydrogens (tertiary/aromatic N) is 1. The fourth-order valence-corrected chi connectivity index (χ4v) is 4.60. The Bertz CT molecular complexity index is 619. The molecule has 1 saturated carbocycles. The van der Waals surface area contributed by atoms with Crippen molar-refractivity contribution in [3.8, 4) is 0 Å². The average molecular weight is 284 g/mol. The van der Waals surface area contributed by atoms with Crippen molar-refractivity contribution in [3.63, 3.8) is 0 Å². The smallest absolute Gasteiger partial charge is 0.247 e. The Labute approximate surface area is 111 Å². The maximum absolute atomic E-state index is 12.4. The zero-order chi connectivity index (χ0) is 13.6. The van der Waals surface area contributed by atoms with Crippen LogP contribution in [0, 0.1) is 11.8 Å². The van der Waals surface area contributed by atoms with Gasteiger partial charge in [0.25, 0.3) is 0 Å². The van der Waals surface area contributed by atoms with Gasteiger partial charge in [0.1, 0.15) is 0 Å². The molecule has 0 bridgehead atoms. The number of rotatable bonds is 2. The molecular formula is C12H16N2O4S. The summed E-state index contributed by atoms with van der Waals surface area (Å²) in [4.78, 5) is 13.5. The molecule has 2 N–H and O–H groups in total. The molecule has 1 aliphatic carbocycles. The zero-order valence-electron chi connectivity index (χ0n) is 10.3. The van der Waals surface area contributed by atoms with Gasteiger partial charge in [-0.05, 0) is 24.8 Å². The fourth-order valence-electron chi connectivity index (χ4n) is 3.10. The van der Waals surface area contributed by atoms with E-state index in [1.54, 1.807) is 0 Å².